The Morgan fingerprint density at radius 2 is 2.11 bits per heavy atom. The highest BCUT2D eigenvalue weighted by Gasteiger charge is 2.26. The molecular weight excluding hydrogens is 250 g/mol. The molecule has 1 heterocycles. The van der Waals surface area contributed by atoms with Crippen molar-refractivity contribution in [2.24, 2.45) is 5.10 Å². The summed E-state index contributed by atoms with van der Waals surface area (Å²) in [5.41, 5.74) is 2.34. The van der Waals surface area contributed by atoms with Crippen LogP contribution in [0.1, 0.15) is 40.5 Å². The van der Waals surface area contributed by atoms with Crippen LogP contribution in [0.2, 0.25) is 0 Å². The summed E-state index contributed by atoms with van der Waals surface area (Å²) in [4.78, 5) is 23.7. The van der Waals surface area contributed by atoms with Crippen molar-refractivity contribution in [1.29, 1.82) is 0 Å². The second-order valence-electron chi connectivity index (χ2n) is 5.59. The van der Waals surface area contributed by atoms with Gasteiger partial charge < -0.3 is 14.7 Å². The maximum absolute atomic E-state index is 11.4. The number of carbonyl (C=O) groups is 2. The van der Waals surface area contributed by atoms with E-state index in [9.17, 15) is 9.59 Å². The van der Waals surface area contributed by atoms with E-state index in [2.05, 4.69) is 10.5 Å². The zero-order chi connectivity index (χ0) is 14.6. The summed E-state index contributed by atoms with van der Waals surface area (Å²) in [5, 5.41) is 12.9. The van der Waals surface area contributed by atoms with Crippen LogP contribution in [0.25, 0.3) is 0 Å². The number of rotatable bonds is 1. The highest BCUT2D eigenvalue weighted by atomic mass is 16.6. The number of nitrogens with zero attached hydrogens (tertiary/aromatic N) is 2. The molecule has 1 fully saturated rings. The number of amides is 2. The zero-order valence-corrected chi connectivity index (χ0v) is 11.8. The van der Waals surface area contributed by atoms with Gasteiger partial charge in [-0.1, -0.05) is 0 Å². The summed E-state index contributed by atoms with van der Waals surface area (Å²) in [5.74, 6) is 0. The van der Waals surface area contributed by atoms with Crippen LogP contribution >= 0.6 is 0 Å². The first-order chi connectivity index (χ1) is 8.69. The van der Waals surface area contributed by atoms with Crippen molar-refractivity contribution >= 4 is 17.9 Å². The highest BCUT2D eigenvalue weighted by molar-refractivity contribution is 5.90. The molecule has 0 aromatic heterocycles. The summed E-state index contributed by atoms with van der Waals surface area (Å²) < 4.78 is 5.04. The zero-order valence-electron chi connectivity index (χ0n) is 11.8. The lowest BCUT2D eigenvalue weighted by Crippen LogP contribution is -2.45. The fourth-order valence-electron chi connectivity index (χ4n) is 1.74. The lowest BCUT2D eigenvalue weighted by Gasteiger charge is -2.31. The predicted molar refractivity (Wildman–Crippen MR) is 70.2 cm³/mol. The summed E-state index contributed by atoms with van der Waals surface area (Å²) in [7, 11) is 0. The summed E-state index contributed by atoms with van der Waals surface area (Å²) in [6.45, 7) is 7.34. The molecule has 0 bridgehead atoms. The van der Waals surface area contributed by atoms with E-state index in [4.69, 9.17) is 9.84 Å². The van der Waals surface area contributed by atoms with E-state index in [0.717, 1.165) is 0 Å². The minimum atomic E-state index is -0.975. The number of ether oxygens (including phenoxy) is 1. The van der Waals surface area contributed by atoms with Gasteiger partial charge in [-0.25, -0.2) is 15.0 Å². The van der Waals surface area contributed by atoms with Crippen molar-refractivity contribution in [2.45, 2.75) is 52.2 Å². The van der Waals surface area contributed by atoms with E-state index in [-0.39, 0.29) is 12.6 Å². The van der Waals surface area contributed by atoms with E-state index in [1.54, 1.807) is 20.8 Å². The molecule has 1 rings (SSSR count). The third-order valence-corrected chi connectivity index (χ3v) is 2.69. The van der Waals surface area contributed by atoms with E-state index in [1.807, 2.05) is 6.92 Å². The van der Waals surface area contributed by atoms with Crippen molar-refractivity contribution in [3.05, 3.63) is 0 Å². The van der Waals surface area contributed by atoms with Gasteiger partial charge in [-0.15, -0.1) is 0 Å². The Hall–Kier alpha value is -1.79. The summed E-state index contributed by atoms with van der Waals surface area (Å²) in [6, 6.07) is -0.0297. The van der Waals surface area contributed by atoms with Gasteiger partial charge in [0.05, 0.1) is 12.3 Å². The molecule has 1 aliphatic heterocycles. The van der Waals surface area contributed by atoms with Crippen molar-refractivity contribution in [3.8, 4) is 0 Å². The van der Waals surface area contributed by atoms with Gasteiger partial charge in [-0.05, 0) is 40.5 Å². The molecule has 2 amide bonds. The quantitative estimate of drug-likeness (QED) is 0.714. The Bertz CT molecular complexity index is 387. The fourth-order valence-corrected chi connectivity index (χ4v) is 1.74. The topological polar surface area (TPSA) is 91.2 Å². The van der Waals surface area contributed by atoms with Crippen LogP contribution < -0.4 is 5.43 Å². The van der Waals surface area contributed by atoms with Crippen LogP contribution in [0, 0.1) is 0 Å². The molecule has 0 aromatic rings. The third kappa shape index (κ3) is 5.15. The number of hydrogen-bond donors (Lipinski definition) is 2. The van der Waals surface area contributed by atoms with Crippen LogP contribution in [0.3, 0.4) is 0 Å². The number of nitrogens with one attached hydrogen (secondary N) is 1. The Labute approximate surface area is 112 Å². The van der Waals surface area contributed by atoms with Gasteiger partial charge in [0, 0.05) is 6.04 Å². The molecule has 7 nitrogen and oxygen atoms in total. The monoisotopic (exact) mass is 271 g/mol. The lowest BCUT2D eigenvalue weighted by molar-refractivity contribution is 0.0528. The van der Waals surface area contributed by atoms with Gasteiger partial charge in [0.1, 0.15) is 5.60 Å². The molecule has 7 heteroatoms. The molecule has 1 atom stereocenters. The molecule has 1 saturated heterocycles. The molecule has 0 radical (unpaired) electrons. The van der Waals surface area contributed by atoms with E-state index in [0.29, 0.717) is 18.6 Å². The van der Waals surface area contributed by atoms with Gasteiger partial charge in [0.25, 0.3) is 0 Å². The first kappa shape index (κ1) is 15.3. The Morgan fingerprint density at radius 3 is 2.63 bits per heavy atom. The number of carboxylic acid groups (broad SMARTS) is 1. The molecule has 2 N–H and O–H groups in total. The fraction of sp³-hybridized carbons (Fsp3) is 0.750. The Balaban J connectivity index is 2.54. The SMILES string of the molecule is CC1CC/C(=N\NC(=O)OC(C)(C)C)CN1C(=O)O. The van der Waals surface area contributed by atoms with Crippen LogP contribution in [0.15, 0.2) is 5.10 Å². The van der Waals surface area contributed by atoms with Crippen LogP contribution in [0.4, 0.5) is 9.59 Å². The van der Waals surface area contributed by atoms with Crippen molar-refractivity contribution in [3.63, 3.8) is 0 Å². The normalized spacial score (nSPS) is 22.2. The minimum absolute atomic E-state index is 0.0297. The molecule has 0 aliphatic carbocycles. The molecule has 1 unspecified atom stereocenters. The maximum atomic E-state index is 11.4. The minimum Gasteiger partial charge on any atom is -0.465 e. The van der Waals surface area contributed by atoms with Crippen molar-refractivity contribution < 1.29 is 19.4 Å². The van der Waals surface area contributed by atoms with Gasteiger partial charge >= 0.3 is 12.2 Å². The summed E-state index contributed by atoms with van der Waals surface area (Å²) >= 11 is 0. The average Bonchev–Trinajstić information content (AvgIpc) is 2.25. The molecule has 0 aromatic carbocycles. The Morgan fingerprint density at radius 1 is 1.47 bits per heavy atom. The smallest absolute Gasteiger partial charge is 0.428 e. The molecule has 19 heavy (non-hydrogen) atoms. The van der Waals surface area contributed by atoms with Gasteiger partial charge in [-0.3, -0.25) is 0 Å². The van der Waals surface area contributed by atoms with E-state index >= 15 is 0 Å². The second-order valence-corrected chi connectivity index (χ2v) is 5.59. The van der Waals surface area contributed by atoms with Crippen molar-refractivity contribution in [2.75, 3.05) is 6.54 Å². The van der Waals surface area contributed by atoms with E-state index in [1.165, 1.54) is 4.90 Å². The lowest BCUT2D eigenvalue weighted by atomic mass is 10.0. The van der Waals surface area contributed by atoms with Crippen molar-refractivity contribution in [1.82, 2.24) is 10.3 Å². The Kier molecular flexibility index (Phi) is 4.74. The third-order valence-electron chi connectivity index (χ3n) is 2.69. The summed E-state index contributed by atoms with van der Waals surface area (Å²) in [6.07, 6.45) is -0.250. The first-order valence-electron chi connectivity index (χ1n) is 6.23. The molecule has 108 valence electrons. The van der Waals surface area contributed by atoms with Gasteiger partial charge in [-0.2, -0.15) is 5.10 Å². The van der Waals surface area contributed by atoms with Gasteiger partial charge in [0.2, 0.25) is 0 Å². The maximum Gasteiger partial charge on any atom is 0.428 e. The largest absolute Gasteiger partial charge is 0.465 e. The number of hydrogen-bond acceptors (Lipinski definition) is 4. The highest BCUT2D eigenvalue weighted by Crippen LogP contribution is 2.15. The molecule has 0 saturated carbocycles. The molecule has 1 aliphatic rings. The number of hydrazone groups is 1. The first-order valence-corrected chi connectivity index (χ1v) is 6.23. The standard InChI is InChI=1S/C12H21N3O4/c1-8-5-6-9(7-15(8)11(17)18)13-14-10(16)19-12(2,3)4/h8H,5-7H2,1-4H3,(H,14,16)(H,17,18)/b13-9+. The van der Waals surface area contributed by atoms with Crippen LogP contribution in [-0.4, -0.2) is 46.1 Å². The van der Waals surface area contributed by atoms with Crippen LogP contribution in [-0.2, 0) is 4.74 Å². The average molecular weight is 271 g/mol. The van der Waals surface area contributed by atoms with Gasteiger partial charge in [0.15, 0.2) is 0 Å². The van der Waals surface area contributed by atoms with E-state index < -0.39 is 17.8 Å². The number of carbonyl (C=O) groups excluding carboxylic acids is 1. The second kappa shape index (κ2) is 5.90. The number of likely N-dealkylation sites (tertiary alicyclic amines) is 1. The number of piperidine rings is 1. The molecular formula is C12H21N3O4. The molecule has 0 spiro atoms. The predicted octanol–water partition coefficient (Wildman–Crippen LogP) is 2.03. The van der Waals surface area contributed by atoms with Crippen LogP contribution in [0.5, 0.6) is 0 Å².